The zero-order chi connectivity index (χ0) is 18.9. The molecule has 0 N–H and O–H groups in total. The molecule has 0 saturated carbocycles. The number of hydrogen-bond acceptors (Lipinski definition) is 4. The number of ether oxygens (including phenoxy) is 2. The fourth-order valence-electron chi connectivity index (χ4n) is 4.20. The SMILES string of the molecule is CCOC(=O)[C@]1(Cc2ccccc2)C[C@H]2CO[C@H](c3ccccc3)N2C1=O. The van der Waals surface area contributed by atoms with Crippen LogP contribution in [0.25, 0.3) is 0 Å². The summed E-state index contributed by atoms with van der Waals surface area (Å²) in [6, 6.07) is 19.2. The highest BCUT2D eigenvalue weighted by Gasteiger charge is 2.61. The topological polar surface area (TPSA) is 55.8 Å². The number of rotatable bonds is 5. The second-order valence-electron chi connectivity index (χ2n) is 7.13. The summed E-state index contributed by atoms with van der Waals surface area (Å²) >= 11 is 0. The maximum absolute atomic E-state index is 13.6. The Hall–Kier alpha value is -2.66. The first kappa shape index (κ1) is 17.7. The van der Waals surface area contributed by atoms with E-state index in [1.807, 2.05) is 60.7 Å². The molecule has 0 bridgehead atoms. The van der Waals surface area contributed by atoms with E-state index < -0.39 is 17.6 Å². The van der Waals surface area contributed by atoms with Gasteiger partial charge in [-0.05, 0) is 25.3 Å². The standard InChI is InChI=1S/C22H23NO4/c1-2-26-21(25)22(13-16-9-5-3-6-10-16)14-18-15-27-19(23(18)20(22)24)17-11-7-4-8-12-17/h3-12,18-19H,2,13-15H2,1H3/t18-,19+,22+/m0/s1. The molecule has 2 fully saturated rings. The molecule has 0 spiro atoms. The molecule has 27 heavy (non-hydrogen) atoms. The first-order valence-electron chi connectivity index (χ1n) is 9.36. The lowest BCUT2D eigenvalue weighted by molar-refractivity contribution is -0.163. The van der Waals surface area contributed by atoms with Crippen molar-refractivity contribution in [2.75, 3.05) is 13.2 Å². The average molecular weight is 365 g/mol. The van der Waals surface area contributed by atoms with E-state index in [1.54, 1.807) is 11.8 Å². The van der Waals surface area contributed by atoms with Gasteiger partial charge in [-0.1, -0.05) is 60.7 Å². The number of benzene rings is 2. The largest absolute Gasteiger partial charge is 0.465 e. The van der Waals surface area contributed by atoms with Gasteiger partial charge in [0.1, 0.15) is 0 Å². The van der Waals surface area contributed by atoms with E-state index in [4.69, 9.17) is 9.47 Å². The Balaban J connectivity index is 1.69. The number of hydrogen-bond donors (Lipinski definition) is 0. The van der Waals surface area contributed by atoms with Gasteiger partial charge >= 0.3 is 5.97 Å². The molecule has 140 valence electrons. The van der Waals surface area contributed by atoms with Crippen molar-refractivity contribution in [2.24, 2.45) is 5.41 Å². The minimum absolute atomic E-state index is 0.115. The molecule has 2 saturated heterocycles. The molecule has 0 radical (unpaired) electrons. The molecular formula is C22H23NO4. The number of nitrogens with zero attached hydrogens (tertiary/aromatic N) is 1. The Morgan fingerprint density at radius 1 is 1.15 bits per heavy atom. The Morgan fingerprint density at radius 3 is 2.48 bits per heavy atom. The van der Waals surface area contributed by atoms with Crippen molar-refractivity contribution < 1.29 is 19.1 Å². The van der Waals surface area contributed by atoms with Gasteiger partial charge in [-0.2, -0.15) is 0 Å². The second-order valence-corrected chi connectivity index (χ2v) is 7.13. The van der Waals surface area contributed by atoms with E-state index in [1.165, 1.54) is 0 Å². The van der Waals surface area contributed by atoms with E-state index in [0.29, 0.717) is 19.4 Å². The third-order valence-corrected chi connectivity index (χ3v) is 5.42. The number of esters is 1. The van der Waals surface area contributed by atoms with Crippen molar-refractivity contribution in [2.45, 2.75) is 32.0 Å². The fraction of sp³-hybridized carbons (Fsp3) is 0.364. The lowest BCUT2D eigenvalue weighted by Gasteiger charge is -2.28. The summed E-state index contributed by atoms with van der Waals surface area (Å²) in [4.78, 5) is 28.2. The number of carbonyl (C=O) groups excluding carboxylic acids is 2. The van der Waals surface area contributed by atoms with Crippen LogP contribution >= 0.6 is 0 Å². The van der Waals surface area contributed by atoms with Crippen LogP contribution in [-0.2, 0) is 25.5 Å². The molecule has 2 aromatic carbocycles. The van der Waals surface area contributed by atoms with Crippen LogP contribution in [0.15, 0.2) is 60.7 Å². The number of amides is 1. The number of carbonyl (C=O) groups is 2. The van der Waals surface area contributed by atoms with E-state index in [0.717, 1.165) is 11.1 Å². The Morgan fingerprint density at radius 2 is 1.81 bits per heavy atom. The normalized spacial score (nSPS) is 26.9. The smallest absolute Gasteiger partial charge is 0.322 e. The van der Waals surface area contributed by atoms with Crippen molar-refractivity contribution in [1.82, 2.24) is 4.90 Å². The van der Waals surface area contributed by atoms with Crippen molar-refractivity contribution in [1.29, 1.82) is 0 Å². The monoisotopic (exact) mass is 365 g/mol. The fourth-order valence-corrected chi connectivity index (χ4v) is 4.20. The Labute approximate surface area is 158 Å². The minimum atomic E-state index is -1.18. The Kier molecular flexibility index (Phi) is 4.70. The van der Waals surface area contributed by atoms with Gasteiger partial charge in [0.25, 0.3) is 0 Å². The summed E-state index contributed by atoms with van der Waals surface area (Å²) in [5.41, 5.74) is 0.698. The highest BCUT2D eigenvalue weighted by Crippen LogP contribution is 2.47. The van der Waals surface area contributed by atoms with E-state index in [-0.39, 0.29) is 18.6 Å². The van der Waals surface area contributed by atoms with Crippen LogP contribution in [0.3, 0.4) is 0 Å². The molecule has 2 heterocycles. The molecule has 2 aliphatic rings. The molecule has 5 nitrogen and oxygen atoms in total. The first-order chi connectivity index (χ1) is 13.2. The van der Waals surface area contributed by atoms with Gasteiger partial charge in [0.15, 0.2) is 11.6 Å². The summed E-state index contributed by atoms with van der Waals surface area (Å²) in [6.07, 6.45) is 0.318. The summed E-state index contributed by atoms with van der Waals surface area (Å²) in [7, 11) is 0. The van der Waals surface area contributed by atoms with Crippen molar-refractivity contribution in [3.8, 4) is 0 Å². The van der Waals surface area contributed by atoms with E-state index in [2.05, 4.69) is 0 Å². The van der Waals surface area contributed by atoms with Crippen LogP contribution in [0.2, 0.25) is 0 Å². The van der Waals surface area contributed by atoms with E-state index >= 15 is 0 Å². The predicted molar refractivity (Wildman–Crippen MR) is 99.6 cm³/mol. The summed E-state index contributed by atoms with van der Waals surface area (Å²) in [5.74, 6) is -0.624. The van der Waals surface area contributed by atoms with Crippen LogP contribution in [0.1, 0.15) is 30.7 Å². The zero-order valence-electron chi connectivity index (χ0n) is 15.3. The number of fused-ring (bicyclic) bond motifs is 1. The second kappa shape index (κ2) is 7.16. The maximum atomic E-state index is 13.6. The van der Waals surface area contributed by atoms with Crippen LogP contribution in [0.4, 0.5) is 0 Å². The highest BCUT2D eigenvalue weighted by molar-refractivity contribution is 6.05. The van der Waals surface area contributed by atoms with Gasteiger partial charge in [0, 0.05) is 5.56 Å². The van der Waals surface area contributed by atoms with Gasteiger partial charge < -0.3 is 14.4 Å². The molecule has 0 aliphatic carbocycles. The lowest BCUT2D eigenvalue weighted by Crippen LogP contribution is -2.44. The van der Waals surface area contributed by atoms with E-state index in [9.17, 15) is 9.59 Å². The predicted octanol–water partition coefficient (Wildman–Crippen LogP) is 3.11. The molecule has 1 amide bonds. The highest BCUT2D eigenvalue weighted by atomic mass is 16.5. The van der Waals surface area contributed by atoms with Gasteiger partial charge in [0.05, 0.1) is 19.3 Å². The summed E-state index contributed by atoms with van der Waals surface area (Å²) in [5, 5.41) is 0. The molecule has 5 heteroatoms. The molecule has 4 rings (SSSR count). The average Bonchev–Trinajstić information content (AvgIpc) is 3.22. The molecular weight excluding hydrogens is 342 g/mol. The van der Waals surface area contributed by atoms with Crippen LogP contribution < -0.4 is 0 Å². The van der Waals surface area contributed by atoms with Crippen molar-refractivity contribution in [3.05, 3.63) is 71.8 Å². The molecule has 2 aromatic rings. The molecule has 0 unspecified atom stereocenters. The molecule has 0 aromatic heterocycles. The van der Waals surface area contributed by atoms with Gasteiger partial charge in [-0.25, -0.2) is 0 Å². The summed E-state index contributed by atoms with van der Waals surface area (Å²) in [6.45, 7) is 2.46. The van der Waals surface area contributed by atoms with Crippen LogP contribution in [0, 0.1) is 5.41 Å². The third-order valence-electron chi connectivity index (χ3n) is 5.42. The first-order valence-corrected chi connectivity index (χ1v) is 9.36. The molecule has 2 aliphatic heterocycles. The molecule has 3 atom stereocenters. The maximum Gasteiger partial charge on any atom is 0.322 e. The van der Waals surface area contributed by atoms with Gasteiger partial charge in [0.2, 0.25) is 5.91 Å². The van der Waals surface area contributed by atoms with Crippen LogP contribution in [-0.4, -0.2) is 36.0 Å². The van der Waals surface area contributed by atoms with Crippen molar-refractivity contribution >= 4 is 11.9 Å². The minimum Gasteiger partial charge on any atom is -0.465 e. The zero-order valence-corrected chi connectivity index (χ0v) is 15.3. The third kappa shape index (κ3) is 3.02. The Bertz CT molecular complexity index is 823. The van der Waals surface area contributed by atoms with Crippen molar-refractivity contribution in [3.63, 3.8) is 0 Å². The van der Waals surface area contributed by atoms with Gasteiger partial charge in [-0.15, -0.1) is 0 Å². The summed E-state index contributed by atoms with van der Waals surface area (Å²) < 4.78 is 11.3. The van der Waals surface area contributed by atoms with Crippen LogP contribution in [0.5, 0.6) is 0 Å². The quantitative estimate of drug-likeness (QED) is 0.603. The lowest BCUT2D eigenvalue weighted by atomic mass is 9.78. The van der Waals surface area contributed by atoms with Gasteiger partial charge in [-0.3, -0.25) is 9.59 Å².